The summed E-state index contributed by atoms with van der Waals surface area (Å²) >= 11 is 0. The zero-order chi connectivity index (χ0) is 12.1. The minimum atomic E-state index is -0.334. The van der Waals surface area contributed by atoms with Gasteiger partial charge in [-0.3, -0.25) is 0 Å². The third-order valence-electron chi connectivity index (χ3n) is 4.32. The van der Waals surface area contributed by atoms with Gasteiger partial charge in [-0.15, -0.1) is 0 Å². The van der Waals surface area contributed by atoms with Gasteiger partial charge in [-0.2, -0.15) is 0 Å². The van der Waals surface area contributed by atoms with Crippen LogP contribution in [0, 0.1) is 11.8 Å². The maximum atomic E-state index is 10.00. The average Bonchev–Trinajstić information content (AvgIpc) is 2.90. The molecule has 0 amide bonds. The van der Waals surface area contributed by atoms with E-state index in [-0.39, 0.29) is 6.10 Å². The quantitative estimate of drug-likeness (QED) is 0.804. The lowest BCUT2D eigenvalue weighted by atomic mass is 9.85. The number of hydrogen-bond acceptors (Lipinski definition) is 3. The molecule has 0 radical (unpaired) electrons. The fourth-order valence-corrected chi connectivity index (χ4v) is 2.99. The van der Waals surface area contributed by atoms with Gasteiger partial charge in [0.1, 0.15) is 0 Å². The van der Waals surface area contributed by atoms with Gasteiger partial charge in [0.25, 0.3) is 0 Å². The van der Waals surface area contributed by atoms with Crippen LogP contribution in [0.5, 0.6) is 0 Å². The van der Waals surface area contributed by atoms with Gasteiger partial charge in [0.05, 0.1) is 25.4 Å². The Morgan fingerprint density at radius 3 is 2.94 bits per heavy atom. The second-order valence-electron chi connectivity index (χ2n) is 5.59. The third kappa shape index (κ3) is 3.94. The van der Waals surface area contributed by atoms with Crippen molar-refractivity contribution in [3.63, 3.8) is 0 Å². The summed E-state index contributed by atoms with van der Waals surface area (Å²) in [7, 11) is 0. The number of aliphatic hydroxyl groups is 1. The van der Waals surface area contributed by atoms with Crippen LogP contribution in [-0.4, -0.2) is 37.1 Å². The second kappa shape index (κ2) is 6.72. The first-order valence-corrected chi connectivity index (χ1v) is 7.17. The SMILES string of the molecule is CCC1CCCC(OCC(O)C2CCOC2)C1. The molecule has 4 unspecified atom stereocenters. The van der Waals surface area contributed by atoms with Gasteiger partial charge < -0.3 is 14.6 Å². The molecule has 2 rings (SSSR count). The fourth-order valence-electron chi connectivity index (χ4n) is 2.99. The summed E-state index contributed by atoms with van der Waals surface area (Å²) in [6.45, 7) is 4.25. The van der Waals surface area contributed by atoms with Crippen molar-refractivity contribution in [3.8, 4) is 0 Å². The Morgan fingerprint density at radius 2 is 2.24 bits per heavy atom. The van der Waals surface area contributed by atoms with Crippen molar-refractivity contribution in [3.05, 3.63) is 0 Å². The molecular weight excluding hydrogens is 216 g/mol. The monoisotopic (exact) mass is 242 g/mol. The Bertz CT molecular complexity index is 214. The number of aliphatic hydroxyl groups excluding tert-OH is 1. The van der Waals surface area contributed by atoms with E-state index in [0.717, 1.165) is 18.9 Å². The maximum Gasteiger partial charge on any atom is 0.0824 e. The molecule has 17 heavy (non-hydrogen) atoms. The highest BCUT2D eigenvalue weighted by Crippen LogP contribution is 2.29. The molecule has 1 saturated heterocycles. The molecule has 1 aliphatic carbocycles. The van der Waals surface area contributed by atoms with E-state index >= 15 is 0 Å². The molecule has 1 saturated carbocycles. The predicted molar refractivity (Wildman–Crippen MR) is 66.9 cm³/mol. The third-order valence-corrected chi connectivity index (χ3v) is 4.32. The van der Waals surface area contributed by atoms with Gasteiger partial charge in [0.2, 0.25) is 0 Å². The topological polar surface area (TPSA) is 38.7 Å². The fraction of sp³-hybridized carbons (Fsp3) is 1.00. The number of hydrogen-bond donors (Lipinski definition) is 1. The summed E-state index contributed by atoms with van der Waals surface area (Å²) in [6, 6.07) is 0. The van der Waals surface area contributed by atoms with Crippen molar-refractivity contribution >= 4 is 0 Å². The Morgan fingerprint density at radius 1 is 1.35 bits per heavy atom. The summed E-state index contributed by atoms with van der Waals surface area (Å²) in [5, 5.41) is 10.00. The van der Waals surface area contributed by atoms with Crippen molar-refractivity contribution in [2.75, 3.05) is 19.8 Å². The molecule has 100 valence electrons. The Hall–Kier alpha value is -0.120. The molecule has 3 heteroatoms. The standard InChI is InChI=1S/C14H26O3/c1-2-11-4-3-5-13(8-11)17-10-14(15)12-6-7-16-9-12/h11-15H,2-10H2,1H3. The van der Waals surface area contributed by atoms with Crippen LogP contribution in [-0.2, 0) is 9.47 Å². The van der Waals surface area contributed by atoms with Crippen LogP contribution in [0.1, 0.15) is 45.4 Å². The average molecular weight is 242 g/mol. The summed E-state index contributed by atoms with van der Waals surface area (Å²) in [4.78, 5) is 0. The lowest BCUT2D eigenvalue weighted by Gasteiger charge is -2.29. The molecule has 0 spiro atoms. The highest BCUT2D eigenvalue weighted by molar-refractivity contribution is 4.76. The van der Waals surface area contributed by atoms with Gasteiger partial charge in [-0.1, -0.05) is 26.2 Å². The summed E-state index contributed by atoms with van der Waals surface area (Å²) in [6.07, 6.45) is 7.28. The maximum absolute atomic E-state index is 10.00. The highest BCUT2D eigenvalue weighted by atomic mass is 16.5. The van der Waals surface area contributed by atoms with E-state index in [4.69, 9.17) is 9.47 Å². The summed E-state index contributed by atoms with van der Waals surface area (Å²) in [5.41, 5.74) is 0. The van der Waals surface area contributed by atoms with Crippen molar-refractivity contribution < 1.29 is 14.6 Å². The minimum absolute atomic E-state index is 0.292. The van der Waals surface area contributed by atoms with Crippen molar-refractivity contribution in [2.24, 2.45) is 11.8 Å². The molecule has 0 bridgehead atoms. The Kier molecular flexibility index (Phi) is 5.26. The zero-order valence-electron chi connectivity index (χ0n) is 10.9. The zero-order valence-corrected chi connectivity index (χ0v) is 10.9. The molecule has 1 N–H and O–H groups in total. The summed E-state index contributed by atoms with van der Waals surface area (Å²) in [5.74, 6) is 1.13. The van der Waals surface area contributed by atoms with Crippen LogP contribution < -0.4 is 0 Å². The Labute approximate surface area is 104 Å². The molecule has 4 atom stereocenters. The summed E-state index contributed by atoms with van der Waals surface area (Å²) < 4.78 is 11.2. The van der Waals surface area contributed by atoms with E-state index < -0.39 is 0 Å². The van der Waals surface area contributed by atoms with E-state index in [1.807, 2.05) is 0 Å². The first kappa shape index (κ1) is 13.3. The number of rotatable bonds is 5. The normalized spacial score (nSPS) is 36.0. The van der Waals surface area contributed by atoms with E-state index in [1.165, 1.54) is 32.1 Å². The van der Waals surface area contributed by atoms with Crippen molar-refractivity contribution in [1.29, 1.82) is 0 Å². The predicted octanol–water partition coefficient (Wildman–Crippen LogP) is 2.37. The lowest BCUT2D eigenvalue weighted by molar-refractivity contribution is -0.0506. The minimum Gasteiger partial charge on any atom is -0.390 e. The van der Waals surface area contributed by atoms with Crippen molar-refractivity contribution in [1.82, 2.24) is 0 Å². The van der Waals surface area contributed by atoms with Crippen LogP contribution in [0.3, 0.4) is 0 Å². The molecule has 1 heterocycles. The second-order valence-corrected chi connectivity index (χ2v) is 5.59. The molecule has 2 fully saturated rings. The van der Waals surface area contributed by atoms with Crippen LogP contribution in [0.25, 0.3) is 0 Å². The molecule has 3 nitrogen and oxygen atoms in total. The Balaban J connectivity index is 1.66. The van der Waals surface area contributed by atoms with E-state index in [9.17, 15) is 5.11 Å². The molecule has 0 aromatic carbocycles. The first-order valence-electron chi connectivity index (χ1n) is 7.17. The van der Waals surface area contributed by atoms with Crippen LogP contribution >= 0.6 is 0 Å². The smallest absolute Gasteiger partial charge is 0.0824 e. The van der Waals surface area contributed by atoms with E-state index in [2.05, 4.69) is 6.92 Å². The largest absolute Gasteiger partial charge is 0.390 e. The number of ether oxygens (including phenoxy) is 2. The van der Waals surface area contributed by atoms with Gasteiger partial charge in [0, 0.05) is 12.5 Å². The molecular formula is C14H26O3. The first-order chi connectivity index (χ1) is 8.29. The highest BCUT2D eigenvalue weighted by Gasteiger charge is 2.26. The molecule has 2 aliphatic rings. The van der Waals surface area contributed by atoms with Gasteiger partial charge in [0.15, 0.2) is 0 Å². The van der Waals surface area contributed by atoms with Gasteiger partial charge in [-0.05, 0) is 25.2 Å². The molecule has 0 aromatic rings. The van der Waals surface area contributed by atoms with E-state index in [1.54, 1.807) is 0 Å². The van der Waals surface area contributed by atoms with Crippen LogP contribution in [0.4, 0.5) is 0 Å². The molecule has 1 aliphatic heterocycles. The lowest BCUT2D eigenvalue weighted by Crippen LogP contribution is -2.31. The van der Waals surface area contributed by atoms with Crippen LogP contribution in [0.15, 0.2) is 0 Å². The van der Waals surface area contributed by atoms with E-state index in [0.29, 0.717) is 25.2 Å². The van der Waals surface area contributed by atoms with Gasteiger partial charge in [-0.25, -0.2) is 0 Å². The van der Waals surface area contributed by atoms with Crippen LogP contribution in [0.2, 0.25) is 0 Å². The van der Waals surface area contributed by atoms with Crippen molar-refractivity contribution in [2.45, 2.75) is 57.7 Å². The van der Waals surface area contributed by atoms with Gasteiger partial charge >= 0.3 is 0 Å². The molecule has 0 aromatic heterocycles.